The van der Waals surface area contributed by atoms with Gasteiger partial charge in [-0.1, -0.05) is 115 Å². The van der Waals surface area contributed by atoms with E-state index >= 15 is 0 Å². The van der Waals surface area contributed by atoms with Crippen molar-refractivity contribution in [1.82, 2.24) is 0 Å². The molecule has 0 atom stereocenters. The van der Waals surface area contributed by atoms with Crippen molar-refractivity contribution in [3.8, 4) is 0 Å². The predicted octanol–water partition coefficient (Wildman–Crippen LogP) is 7.95. The number of azide groups is 1. The van der Waals surface area contributed by atoms with E-state index in [1.807, 2.05) is 0 Å². The minimum absolute atomic E-state index is 0.676. The zero-order chi connectivity index (χ0) is 16.1. The lowest BCUT2D eigenvalue weighted by Gasteiger charge is -2.03. The highest BCUT2D eigenvalue weighted by atomic mass is 15.1. The van der Waals surface area contributed by atoms with Gasteiger partial charge in [0.15, 0.2) is 0 Å². The molecule has 0 spiro atoms. The predicted molar refractivity (Wildman–Crippen MR) is 98.2 cm³/mol. The molecular weight excluding hydrogens is 270 g/mol. The molecule has 0 aliphatic rings. The van der Waals surface area contributed by atoms with E-state index in [0.717, 1.165) is 6.42 Å². The third-order valence-electron chi connectivity index (χ3n) is 4.42. The summed E-state index contributed by atoms with van der Waals surface area (Å²) in [6.07, 6.45) is 23.5. The van der Waals surface area contributed by atoms with Crippen LogP contribution in [-0.4, -0.2) is 6.54 Å². The number of unbranched alkanes of at least 4 members (excludes halogenated alkanes) is 16. The molecule has 0 unspecified atom stereocenters. The zero-order valence-corrected chi connectivity index (χ0v) is 15.1. The molecule has 0 N–H and O–H groups in total. The highest BCUT2D eigenvalue weighted by molar-refractivity contribution is 4.51. The molecule has 0 aromatic carbocycles. The molecule has 3 heteroatoms. The molecule has 0 saturated carbocycles. The number of hydrogen-bond donors (Lipinski definition) is 0. The molecule has 0 saturated heterocycles. The second-order valence-corrected chi connectivity index (χ2v) is 6.61. The Labute approximate surface area is 138 Å². The fourth-order valence-electron chi connectivity index (χ4n) is 2.95. The van der Waals surface area contributed by atoms with Crippen LogP contribution in [0.3, 0.4) is 0 Å². The first-order valence-corrected chi connectivity index (χ1v) is 9.92. The first kappa shape index (κ1) is 21.3. The fourth-order valence-corrected chi connectivity index (χ4v) is 2.95. The second-order valence-electron chi connectivity index (χ2n) is 6.61. The quantitative estimate of drug-likeness (QED) is 0.107. The van der Waals surface area contributed by atoms with Crippen LogP contribution in [0.5, 0.6) is 0 Å². The van der Waals surface area contributed by atoms with Crippen LogP contribution in [-0.2, 0) is 0 Å². The molecule has 0 aliphatic heterocycles. The van der Waals surface area contributed by atoms with Crippen molar-refractivity contribution in [3.63, 3.8) is 0 Å². The maximum Gasteiger partial charge on any atom is 0.0257 e. The van der Waals surface area contributed by atoms with Crippen molar-refractivity contribution in [2.24, 2.45) is 5.11 Å². The van der Waals surface area contributed by atoms with E-state index in [9.17, 15) is 0 Å². The van der Waals surface area contributed by atoms with E-state index < -0.39 is 0 Å². The summed E-state index contributed by atoms with van der Waals surface area (Å²) in [4.78, 5) is 2.77. The molecule has 0 rings (SSSR count). The average molecular weight is 310 g/mol. The summed E-state index contributed by atoms with van der Waals surface area (Å²) in [5.41, 5.74) is 8.16. The van der Waals surface area contributed by atoms with Crippen molar-refractivity contribution >= 4 is 0 Å². The van der Waals surface area contributed by atoms with Gasteiger partial charge in [-0.15, -0.1) is 0 Å². The maximum atomic E-state index is 8.16. The minimum Gasteiger partial charge on any atom is -0.0940 e. The van der Waals surface area contributed by atoms with Gasteiger partial charge in [0, 0.05) is 11.5 Å². The standard InChI is InChI=1S/C19H39N3/c1-2-3-4-5-6-7-8-9-10-11-12-13-14-15-16-17-18-19-21-22-20/h2-19H2,1H3. The highest BCUT2D eigenvalue weighted by Crippen LogP contribution is 2.13. The van der Waals surface area contributed by atoms with Crippen molar-refractivity contribution in [2.75, 3.05) is 6.54 Å². The summed E-state index contributed by atoms with van der Waals surface area (Å²) in [5, 5.41) is 3.56. The molecule has 22 heavy (non-hydrogen) atoms. The van der Waals surface area contributed by atoms with E-state index in [1.54, 1.807) is 0 Å². The third-order valence-corrected chi connectivity index (χ3v) is 4.42. The Morgan fingerprint density at radius 3 is 1.18 bits per heavy atom. The zero-order valence-electron chi connectivity index (χ0n) is 15.1. The Kier molecular flexibility index (Phi) is 19.7. The monoisotopic (exact) mass is 309 g/mol. The molecule has 0 aromatic heterocycles. The first-order chi connectivity index (χ1) is 10.9. The van der Waals surface area contributed by atoms with Gasteiger partial charge in [-0.25, -0.2) is 0 Å². The normalized spacial score (nSPS) is 10.6. The Morgan fingerprint density at radius 1 is 0.545 bits per heavy atom. The summed E-state index contributed by atoms with van der Waals surface area (Å²) in [5.74, 6) is 0. The Balaban J connectivity index is 2.95. The topological polar surface area (TPSA) is 48.8 Å². The van der Waals surface area contributed by atoms with Gasteiger partial charge >= 0.3 is 0 Å². The van der Waals surface area contributed by atoms with Crippen LogP contribution in [0.25, 0.3) is 10.4 Å². The van der Waals surface area contributed by atoms with Gasteiger partial charge in [0.2, 0.25) is 0 Å². The first-order valence-electron chi connectivity index (χ1n) is 9.92. The van der Waals surface area contributed by atoms with Gasteiger partial charge in [-0.05, 0) is 12.0 Å². The highest BCUT2D eigenvalue weighted by Gasteiger charge is 1.94. The van der Waals surface area contributed by atoms with Gasteiger partial charge in [0.25, 0.3) is 0 Å². The van der Waals surface area contributed by atoms with Crippen LogP contribution in [0.2, 0.25) is 0 Å². The van der Waals surface area contributed by atoms with E-state index in [2.05, 4.69) is 16.9 Å². The van der Waals surface area contributed by atoms with E-state index in [1.165, 1.54) is 103 Å². The van der Waals surface area contributed by atoms with Crippen LogP contribution in [0.15, 0.2) is 5.11 Å². The van der Waals surface area contributed by atoms with Crippen molar-refractivity contribution < 1.29 is 0 Å². The average Bonchev–Trinajstić information content (AvgIpc) is 2.54. The lowest BCUT2D eigenvalue weighted by atomic mass is 10.0. The van der Waals surface area contributed by atoms with Crippen LogP contribution in [0.4, 0.5) is 0 Å². The molecule has 130 valence electrons. The minimum atomic E-state index is 0.676. The van der Waals surface area contributed by atoms with Gasteiger partial charge in [0.1, 0.15) is 0 Å². The number of hydrogen-bond acceptors (Lipinski definition) is 1. The van der Waals surface area contributed by atoms with E-state index in [4.69, 9.17) is 5.53 Å². The molecule has 0 radical (unpaired) electrons. The molecule has 3 nitrogen and oxygen atoms in total. The van der Waals surface area contributed by atoms with Crippen molar-refractivity contribution in [3.05, 3.63) is 10.4 Å². The van der Waals surface area contributed by atoms with Crippen LogP contribution in [0, 0.1) is 0 Å². The van der Waals surface area contributed by atoms with Crippen molar-refractivity contribution in [2.45, 2.75) is 116 Å². The van der Waals surface area contributed by atoms with Gasteiger partial charge < -0.3 is 0 Å². The molecule has 0 bridgehead atoms. The number of nitrogens with zero attached hydrogens (tertiary/aromatic N) is 3. The second kappa shape index (κ2) is 20.3. The molecule has 0 fully saturated rings. The third kappa shape index (κ3) is 19.3. The summed E-state index contributed by atoms with van der Waals surface area (Å²) < 4.78 is 0. The van der Waals surface area contributed by atoms with Crippen LogP contribution < -0.4 is 0 Å². The summed E-state index contributed by atoms with van der Waals surface area (Å²) >= 11 is 0. The summed E-state index contributed by atoms with van der Waals surface area (Å²) in [7, 11) is 0. The summed E-state index contributed by atoms with van der Waals surface area (Å²) in [6, 6.07) is 0. The molecule has 0 aliphatic carbocycles. The van der Waals surface area contributed by atoms with Crippen LogP contribution >= 0.6 is 0 Å². The molecule has 0 heterocycles. The Bertz CT molecular complexity index is 247. The number of rotatable bonds is 18. The summed E-state index contributed by atoms with van der Waals surface area (Å²) in [6.45, 7) is 2.96. The Morgan fingerprint density at radius 2 is 0.864 bits per heavy atom. The Hall–Kier alpha value is -0.690. The molecular formula is C19H39N3. The SMILES string of the molecule is CCCCCCCCCCCCCCCCCCCN=[N+]=[N-]. The molecule has 0 aromatic rings. The van der Waals surface area contributed by atoms with Gasteiger partial charge in [0.05, 0.1) is 0 Å². The lowest BCUT2D eigenvalue weighted by Crippen LogP contribution is -1.84. The van der Waals surface area contributed by atoms with Gasteiger partial charge in [-0.3, -0.25) is 0 Å². The largest absolute Gasteiger partial charge is 0.0940 e. The van der Waals surface area contributed by atoms with Gasteiger partial charge in [-0.2, -0.15) is 0 Å². The fraction of sp³-hybridized carbons (Fsp3) is 1.00. The van der Waals surface area contributed by atoms with E-state index in [0.29, 0.717) is 6.54 Å². The van der Waals surface area contributed by atoms with Crippen LogP contribution in [0.1, 0.15) is 116 Å². The smallest absolute Gasteiger partial charge is 0.0257 e. The van der Waals surface area contributed by atoms with Crippen molar-refractivity contribution in [1.29, 1.82) is 0 Å². The van der Waals surface area contributed by atoms with E-state index in [-0.39, 0.29) is 0 Å². The maximum absolute atomic E-state index is 8.16. The lowest BCUT2D eigenvalue weighted by molar-refractivity contribution is 0.527. The molecule has 0 amide bonds.